The lowest BCUT2D eigenvalue weighted by Crippen LogP contribution is -2.04. The number of methoxy groups -OCH3 is 2. The van der Waals surface area contributed by atoms with Crippen molar-refractivity contribution in [3.05, 3.63) is 42.1 Å². The first kappa shape index (κ1) is 13.0. The molecule has 0 bridgehead atoms. The highest BCUT2D eigenvalue weighted by molar-refractivity contribution is 5.55. The maximum atomic E-state index is 5.86. The predicted molar refractivity (Wildman–Crippen MR) is 75.5 cm³/mol. The fraction of sp³-hybridized carbons (Fsp3) is 0.214. The minimum atomic E-state index is 0.613. The van der Waals surface area contributed by atoms with Crippen molar-refractivity contribution >= 4 is 11.5 Å². The van der Waals surface area contributed by atoms with Gasteiger partial charge in [0.25, 0.3) is 0 Å². The standard InChI is InChI=1S/C14H17N3O2/c1-18-12-6-5-10(8-11(12)15)9-17-14-13(19-2)4-3-7-16-14/h3-8H,9,15H2,1-2H3,(H,16,17). The van der Waals surface area contributed by atoms with Gasteiger partial charge >= 0.3 is 0 Å². The van der Waals surface area contributed by atoms with Crippen LogP contribution < -0.4 is 20.5 Å². The minimum Gasteiger partial charge on any atom is -0.495 e. The monoisotopic (exact) mass is 259 g/mol. The van der Waals surface area contributed by atoms with E-state index < -0.39 is 0 Å². The van der Waals surface area contributed by atoms with Crippen LogP contribution in [-0.2, 0) is 6.54 Å². The van der Waals surface area contributed by atoms with Gasteiger partial charge in [0.2, 0.25) is 0 Å². The highest BCUT2D eigenvalue weighted by Crippen LogP contribution is 2.24. The van der Waals surface area contributed by atoms with Crippen LogP contribution in [0.2, 0.25) is 0 Å². The van der Waals surface area contributed by atoms with Crippen LogP contribution >= 0.6 is 0 Å². The first-order valence-electron chi connectivity index (χ1n) is 5.90. The number of aromatic nitrogens is 1. The summed E-state index contributed by atoms with van der Waals surface area (Å²) in [4.78, 5) is 4.23. The van der Waals surface area contributed by atoms with Gasteiger partial charge in [-0.25, -0.2) is 4.98 Å². The fourth-order valence-corrected chi connectivity index (χ4v) is 1.77. The van der Waals surface area contributed by atoms with Crippen LogP contribution in [0.5, 0.6) is 11.5 Å². The molecule has 5 heteroatoms. The van der Waals surface area contributed by atoms with Gasteiger partial charge in [-0.1, -0.05) is 6.07 Å². The number of hydrogen-bond acceptors (Lipinski definition) is 5. The Balaban J connectivity index is 2.08. The molecule has 5 nitrogen and oxygen atoms in total. The summed E-state index contributed by atoms with van der Waals surface area (Å²) in [5.74, 6) is 2.10. The molecule has 1 aromatic carbocycles. The molecule has 0 atom stereocenters. The molecule has 19 heavy (non-hydrogen) atoms. The van der Waals surface area contributed by atoms with Crippen molar-refractivity contribution in [3.8, 4) is 11.5 Å². The van der Waals surface area contributed by atoms with E-state index in [9.17, 15) is 0 Å². The number of nitrogens with one attached hydrogen (secondary N) is 1. The smallest absolute Gasteiger partial charge is 0.168 e. The summed E-state index contributed by atoms with van der Waals surface area (Å²) < 4.78 is 10.3. The van der Waals surface area contributed by atoms with Crippen molar-refractivity contribution in [2.45, 2.75) is 6.54 Å². The van der Waals surface area contributed by atoms with E-state index in [0.29, 0.717) is 29.5 Å². The summed E-state index contributed by atoms with van der Waals surface area (Å²) in [6.45, 7) is 0.613. The van der Waals surface area contributed by atoms with Gasteiger partial charge in [-0.2, -0.15) is 0 Å². The summed E-state index contributed by atoms with van der Waals surface area (Å²) in [7, 11) is 3.22. The summed E-state index contributed by atoms with van der Waals surface area (Å²) in [6, 6.07) is 9.37. The van der Waals surface area contributed by atoms with Crippen LogP contribution in [0.3, 0.4) is 0 Å². The van der Waals surface area contributed by atoms with Crippen LogP contribution in [0.15, 0.2) is 36.5 Å². The Morgan fingerprint density at radius 2 is 1.95 bits per heavy atom. The van der Waals surface area contributed by atoms with E-state index in [0.717, 1.165) is 5.56 Å². The van der Waals surface area contributed by atoms with Crippen LogP contribution in [0.25, 0.3) is 0 Å². The van der Waals surface area contributed by atoms with Gasteiger partial charge in [-0.3, -0.25) is 0 Å². The number of ether oxygens (including phenoxy) is 2. The molecule has 1 heterocycles. The number of nitrogens with zero attached hydrogens (tertiary/aromatic N) is 1. The number of benzene rings is 1. The largest absolute Gasteiger partial charge is 0.495 e. The minimum absolute atomic E-state index is 0.613. The second-order valence-corrected chi connectivity index (χ2v) is 3.98. The molecule has 0 saturated heterocycles. The zero-order valence-corrected chi connectivity index (χ0v) is 11.0. The normalized spacial score (nSPS) is 10.0. The van der Waals surface area contributed by atoms with Crippen LogP contribution in [0.1, 0.15) is 5.56 Å². The molecule has 1 aromatic heterocycles. The Bertz CT molecular complexity index is 558. The molecule has 0 aliphatic rings. The topological polar surface area (TPSA) is 69.4 Å². The molecule has 0 aliphatic heterocycles. The molecule has 0 spiro atoms. The van der Waals surface area contributed by atoms with Crippen molar-refractivity contribution in [1.82, 2.24) is 4.98 Å². The van der Waals surface area contributed by atoms with E-state index in [1.807, 2.05) is 30.3 Å². The quantitative estimate of drug-likeness (QED) is 0.806. The van der Waals surface area contributed by atoms with Gasteiger partial charge in [0, 0.05) is 12.7 Å². The van der Waals surface area contributed by atoms with Crippen molar-refractivity contribution < 1.29 is 9.47 Å². The molecule has 2 aromatic rings. The molecule has 100 valence electrons. The second kappa shape index (κ2) is 5.95. The second-order valence-electron chi connectivity index (χ2n) is 3.98. The highest BCUT2D eigenvalue weighted by Gasteiger charge is 2.04. The number of rotatable bonds is 5. The Morgan fingerprint density at radius 1 is 1.16 bits per heavy atom. The third kappa shape index (κ3) is 3.07. The highest BCUT2D eigenvalue weighted by atomic mass is 16.5. The molecule has 2 rings (SSSR count). The fourth-order valence-electron chi connectivity index (χ4n) is 1.77. The molecule has 0 saturated carbocycles. The van der Waals surface area contributed by atoms with Gasteiger partial charge in [-0.05, 0) is 29.8 Å². The van der Waals surface area contributed by atoms with Gasteiger partial charge in [0.1, 0.15) is 5.75 Å². The third-order valence-electron chi connectivity index (χ3n) is 2.74. The van der Waals surface area contributed by atoms with E-state index in [1.54, 1.807) is 20.4 Å². The average molecular weight is 259 g/mol. The zero-order valence-electron chi connectivity index (χ0n) is 11.0. The Kier molecular flexibility index (Phi) is 4.07. The van der Waals surface area contributed by atoms with Gasteiger partial charge in [0.15, 0.2) is 11.6 Å². The van der Waals surface area contributed by atoms with Crippen molar-refractivity contribution in [1.29, 1.82) is 0 Å². The SMILES string of the molecule is COc1ccc(CNc2ncccc2OC)cc1N. The Labute approximate surface area is 112 Å². The van der Waals surface area contributed by atoms with Gasteiger partial charge < -0.3 is 20.5 Å². The molecule has 0 radical (unpaired) electrons. The molecule has 3 N–H and O–H groups in total. The molecule has 0 fully saturated rings. The molecule has 0 unspecified atom stereocenters. The lowest BCUT2D eigenvalue weighted by atomic mass is 10.2. The average Bonchev–Trinajstić information content (AvgIpc) is 2.45. The zero-order chi connectivity index (χ0) is 13.7. The number of nitrogens with two attached hydrogens (primary N) is 1. The van der Waals surface area contributed by atoms with Crippen LogP contribution in [-0.4, -0.2) is 19.2 Å². The predicted octanol–water partition coefficient (Wildman–Crippen LogP) is 2.29. The maximum absolute atomic E-state index is 5.86. The van der Waals surface area contributed by atoms with Gasteiger partial charge in [-0.15, -0.1) is 0 Å². The third-order valence-corrected chi connectivity index (χ3v) is 2.74. The van der Waals surface area contributed by atoms with Crippen LogP contribution in [0.4, 0.5) is 11.5 Å². The molecule has 0 amide bonds. The van der Waals surface area contributed by atoms with E-state index >= 15 is 0 Å². The molecule has 0 aliphatic carbocycles. The van der Waals surface area contributed by atoms with Crippen molar-refractivity contribution in [3.63, 3.8) is 0 Å². The molecular formula is C14H17N3O2. The summed E-state index contributed by atoms with van der Waals surface area (Å²) in [5.41, 5.74) is 7.53. The van der Waals surface area contributed by atoms with E-state index in [2.05, 4.69) is 10.3 Å². The summed E-state index contributed by atoms with van der Waals surface area (Å²) in [5, 5.41) is 3.21. The lowest BCUT2D eigenvalue weighted by Gasteiger charge is -2.11. The summed E-state index contributed by atoms with van der Waals surface area (Å²) in [6.07, 6.45) is 1.72. The lowest BCUT2D eigenvalue weighted by molar-refractivity contribution is 0.414. The first-order valence-corrected chi connectivity index (χ1v) is 5.90. The van der Waals surface area contributed by atoms with Crippen molar-refractivity contribution in [2.24, 2.45) is 0 Å². The first-order chi connectivity index (χ1) is 9.24. The Morgan fingerprint density at radius 3 is 2.63 bits per heavy atom. The van der Waals surface area contributed by atoms with Gasteiger partial charge in [0.05, 0.1) is 19.9 Å². The number of pyridine rings is 1. The van der Waals surface area contributed by atoms with E-state index in [4.69, 9.17) is 15.2 Å². The van der Waals surface area contributed by atoms with Crippen LogP contribution in [0, 0.1) is 0 Å². The maximum Gasteiger partial charge on any atom is 0.168 e. The van der Waals surface area contributed by atoms with E-state index in [1.165, 1.54) is 0 Å². The number of hydrogen-bond donors (Lipinski definition) is 2. The number of anilines is 2. The summed E-state index contributed by atoms with van der Waals surface area (Å²) >= 11 is 0. The molecular weight excluding hydrogens is 242 g/mol. The Hall–Kier alpha value is -2.43. The van der Waals surface area contributed by atoms with E-state index in [-0.39, 0.29) is 0 Å². The number of nitrogen functional groups attached to an aromatic ring is 1. The van der Waals surface area contributed by atoms with Crippen molar-refractivity contribution in [2.75, 3.05) is 25.3 Å².